The van der Waals surface area contributed by atoms with Gasteiger partial charge in [0.2, 0.25) is 0 Å². The molecule has 1 fully saturated rings. The highest BCUT2D eigenvalue weighted by Crippen LogP contribution is 2.20. The van der Waals surface area contributed by atoms with Gasteiger partial charge < -0.3 is 19.5 Å². The highest BCUT2D eigenvalue weighted by molar-refractivity contribution is 5.88. The Kier molecular flexibility index (Phi) is 4.65. The molecule has 1 aliphatic rings. The molecule has 2 aromatic carbocycles. The summed E-state index contributed by atoms with van der Waals surface area (Å²) in [6.45, 7) is 1.08. The molecule has 1 heterocycles. The number of carboxylic acid groups (broad SMARTS) is 1. The summed E-state index contributed by atoms with van der Waals surface area (Å²) < 4.78 is 10.9. The lowest BCUT2D eigenvalue weighted by Gasteiger charge is -2.38. The van der Waals surface area contributed by atoms with E-state index in [0.717, 1.165) is 5.56 Å². The van der Waals surface area contributed by atoms with Crippen LogP contribution in [-0.4, -0.2) is 41.3 Å². The van der Waals surface area contributed by atoms with Gasteiger partial charge in [-0.2, -0.15) is 0 Å². The monoisotopic (exact) mass is 327 g/mol. The third-order valence-corrected chi connectivity index (χ3v) is 3.70. The van der Waals surface area contributed by atoms with E-state index in [1.54, 1.807) is 17.0 Å². The third kappa shape index (κ3) is 3.84. The van der Waals surface area contributed by atoms with Crippen molar-refractivity contribution in [2.45, 2.75) is 12.7 Å². The summed E-state index contributed by atoms with van der Waals surface area (Å²) in [6, 6.07) is 15.8. The molecule has 3 rings (SSSR count). The first kappa shape index (κ1) is 15.9. The topological polar surface area (TPSA) is 76.1 Å². The minimum absolute atomic E-state index is 0.154. The summed E-state index contributed by atoms with van der Waals surface area (Å²) in [5, 5.41) is 8.96. The van der Waals surface area contributed by atoms with Gasteiger partial charge in [0.15, 0.2) is 0 Å². The van der Waals surface area contributed by atoms with Crippen LogP contribution < -0.4 is 4.74 Å². The molecule has 124 valence electrons. The lowest BCUT2D eigenvalue weighted by Crippen LogP contribution is -2.56. The highest BCUT2D eigenvalue weighted by atomic mass is 16.6. The van der Waals surface area contributed by atoms with Crippen molar-refractivity contribution in [3.63, 3.8) is 0 Å². The van der Waals surface area contributed by atoms with E-state index < -0.39 is 5.97 Å². The molecule has 0 unspecified atom stereocenters. The maximum atomic E-state index is 11.9. The molecule has 0 saturated carbocycles. The number of hydrogen-bond acceptors (Lipinski definition) is 4. The average Bonchev–Trinajstić information content (AvgIpc) is 2.57. The molecule has 0 bridgehead atoms. The van der Waals surface area contributed by atoms with Crippen LogP contribution in [0.25, 0.3) is 0 Å². The van der Waals surface area contributed by atoms with Gasteiger partial charge in [-0.15, -0.1) is 0 Å². The van der Waals surface area contributed by atoms with Crippen LogP contribution in [0, 0.1) is 0 Å². The molecule has 0 aliphatic carbocycles. The number of carboxylic acids is 1. The van der Waals surface area contributed by atoms with Gasteiger partial charge in [-0.3, -0.25) is 0 Å². The normalized spacial score (nSPS) is 13.9. The standard InChI is InChI=1S/C18H17NO5/c20-17(21)14-7-4-8-15(9-14)24-16-10-19(11-16)18(22)23-12-13-5-2-1-3-6-13/h1-9,16H,10-12H2,(H,20,21). The second-order valence-corrected chi connectivity index (χ2v) is 5.52. The summed E-state index contributed by atoms with van der Waals surface area (Å²) in [7, 11) is 0. The van der Waals surface area contributed by atoms with Crippen molar-refractivity contribution in [1.29, 1.82) is 0 Å². The summed E-state index contributed by atoms with van der Waals surface area (Å²) in [5.74, 6) is -0.516. The minimum Gasteiger partial charge on any atom is -0.487 e. The fraction of sp³-hybridized carbons (Fsp3) is 0.222. The van der Waals surface area contributed by atoms with Crippen LogP contribution in [-0.2, 0) is 11.3 Å². The van der Waals surface area contributed by atoms with Gasteiger partial charge in [-0.25, -0.2) is 9.59 Å². The average molecular weight is 327 g/mol. The van der Waals surface area contributed by atoms with Crippen molar-refractivity contribution in [2.24, 2.45) is 0 Å². The third-order valence-electron chi connectivity index (χ3n) is 3.70. The van der Waals surface area contributed by atoms with Crippen LogP contribution in [0.1, 0.15) is 15.9 Å². The van der Waals surface area contributed by atoms with Crippen molar-refractivity contribution >= 4 is 12.1 Å². The second kappa shape index (κ2) is 7.04. The maximum Gasteiger partial charge on any atom is 0.410 e. The number of carbonyl (C=O) groups is 2. The Morgan fingerprint density at radius 2 is 1.83 bits per heavy atom. The molecule has 1 amide bonds. The molecule has 6 heteroatoms. The number of benzene rings is 2. The van der Waals surface area contributed by atoms with Crippen LogP contribution in [0.4, 0.5) is 4.79 Å². The number of hydrogen-bond donors (Lipinski definition) is 1. The summed E-state index contributed by atoms with van der Waals surface area (Å²) >= 11 is 0. The lowest BCUT2D eigenvalue weighted by atomic mass is 10.1. The largest absolute Gasteiger partial charge is 0.487 e. The smallest absolute Gasteiger partial charge is 0.410 e. The molecule has 1 N–H and O–H groups in total. The zero-order valence-corrected chi connectivity index (χ0v) is 12.9. The number of amides is 1. The van der Waals surface area contributed by atoms with E-state index in [1.807, 2.05) is 30.3 Å². The first-order valence-corrected chi connectivity index (χ1v) is 7.57. The number of likely N-dealkylation sites (tertiary alicyclic amines) is 1. The Bertz CT molecular complexity index is 725. The van der Waals surface area contributed by atoms with E-state index >= 15 is 0 Å². The van der Waals surface area contributed by atoms with E-state index in [0.29, 0.717) is 18.8 Å². The van der Waals surface area contributed by atoms with Gasteiger partial charge in [0.1, 0.15) is 18.5 Å². The Morgan fingerprint density at radius 1 is 1.08 bits per heavy atom. The van der Waals surface area contributed by atoms with Crippen LogP contribution in [0.5, 0.6) is 5.75 Å². The van der Waals surface area contributed by atoms with Gasteiger partial charge in [0.25, 0.3) is 0 Å². The molecule has 2 aromatic rings. The molecule has 0 spiro atoms. The fourth-order valence-corrected chi connectivity index (χ4v) is 2.37. The van der Waals surface area contributed by atoms with Gasteiger partial charge in [-0.05, 0) is 23.8 Å². The molecular weight excluding hydrogens is 310 g/mol. The van der Waals surface area contributed by atoms with Crippen LogP contribution in [0.2, 0.25) is 0 Å². The molecule has 0 aromatic heterocycles. The number of ether oxygens (including phenoxy) is 2. The van der Waals surface area contributed by atoms with Crippen molar-refractivity contribution < 1.29 is 24.2 Å². The quantitative estimate of drug-likeness (QED) is 0.914. The predicted molar refractivity (Wildman–Crippen MR) is 86.0 cm³/mol. The van der Waals surface area contributed by atoms with Crippen LogP contribution in [0.15, 0.2) is 54.6 Å². The molecule has 1 aliphatic heterocycles. The first-order chi connectivity index (χ1) is 11.6. The number of aromatic carboxylic acids is 1. The van der Waals surface area contributed by atoms with E-state index in [2.05, 4.69) is 0 Å². The molecule has 24 heavy (non-hydrogen) atoms. The van der Waals surface area contributed by atoms with Crippen molar-refractivity contribution in [3.05, 3.63) is 65.7 Å². The van der Waals surface area contributed by atoms with Gasteiger partial charge in [0, 0.05) is 0 Å². The predicted octanol–water partition coefficient (Wildman–Crippen LogP) is 2.78. The minimum atomic E-state index is -1.000. The van der Waals surface area contributed by atoms with Crippen molar-refractivity contribution in [2.75, 3.05) is 13.1 Å². The zero-order chi connectivity index (χ0) is 16.9. The molecule has 6 nitrogen and oxygen atoms in total. The number of carbonyl (C=O) groups excluding carboxylic acids is 1. The molecule has 0 radical (unpaired) electrons. The molecule has 1 saturated heterocycles. The van der Waals surface area contributed by atoms with Crippen molar-refractivity contribution in [3.8, 4) is 5.75 Å². The summed E-state index contributed by atoms with van der Waals surface area (Å²) in [6.07, 6.45) is -0.531. The number of rotatable bonds is 5. The van der Waals surface area contributed by atoms with E-state index in [-0.39, 0.29) is 24.4 Å². The Labute approximate surface area is 139 Å². The SMILES string of the molecule is O=C(O)c1cccc(OC2CN(C(=O)OCc3ccccc3)C2)c1. The highest BCUT2D eigenvalue weighted by Gasteiger charge is 2.33. The lowest BCUT2D eigenvalue weighted by molar-refractivity contribution is 0.00866. The Morgan fingerprint density at radius 3 is 2.54 bits per heavy atom. The number of nitrogens with zero attached hydrogens (tertiary/aromatic N) is 1. The van der Waals surface area contributed by atoms with Gasteiger partial charge in [-0.1, -0.05) is 36.4 Å². The van der Waals surface area contributed by atoms with E-state index in [9.17, 15) is 9.59 Å². The van der Waals surface area contributed by atoms with Gasteiger partial charge >= 0.3 is 12.1 Å². The van der Waals surface area contributed by atoms with Crippen LogP contribution in [0.3, 0.4) is 0 Å². The summed E-state index contributed by atoms with van der Waals surface area (Å²) in [4.78, 5) is 24.4. The zero-order valence-electron chi connectivity index (χ0n) is 12.9. The first-order valence-electron chi connectivity index (χ1n) is 7.57. The Balaban J connectivity index is 1.44. The van der Waals surface area contributed by atoms with Gasteiger partial charge in [0.05, 0.1) is 18.7 Å². The second-order valence-electron chi connectivity index (χ2n) is 5.52. The van der Waals surface area contributed by atoms with Crippen molar-refractivity contribution in [1.82, 2.24) is 4.90 Å². The Hall–Kier alpha value is -3.02. The maximum absolute atomic E-state index is 11.9. The fourth-order valence-electron chi connectivity index (χ4n) is 2.37. The molecule has 0 atom stereocenters. The molecular formula is C18H17NO5. The van der Waals surface area contributed by atoms with Crippen LogP contribution >= 0.6 is 0 Å². The van der Waals surface area contributed by atoms with E-state index in [4.69, 9.17) is 14.6 Å². The summed E-state index contributed by atoms with van der Waals surface area (Å²) in [5.41, 5.74) is 1.11. The van der Waals surface area contributed by atoms with E-state index in [1.165, 1.54) is 12.1 Å².